The van der Waals surface area contributed by atoms with Crippen molar-refractivity contribution in [3.05, 3.63) is 64.1 Å². The Labute approximate surface area is 148 Å². The fourth-order valence-corrected chi connectivity index (χ4v) is 3.00. The van der Waals surface area contributed by atoms with Crippen LogP contribution in [-0.4, -0.2) is 11.9 Å². The second kappa shape index (κ2) is 7.05. The van der Waals surface area contributed by atoms with Crippen molar-refractivity contribution >= 4 is 33.6 Å². The zero-order valence-corrected chi connectivity index (χ0v) is 14.5. The van der Waals surface area contributed by atoms with Crippen LogP contribution in [0.1, 0.15) is 23.5 Å². The van der Waals surface area contributed by atoms with Crippen LogP contribution >= 0.6 is 15.9 Å². The molecule has 2 atom stereocenters. The molecule has 24 heavy (non-hydrogen) atoms. The number of nitrogens with one attached hydrogen (secondary N) is 2. The van der Waals surface area contributed by atoms with E-state index in [4.69, 9.17) is 5.73 Å². The van der Waals surface area contributed by atoms with Gasteiger partial charge in [-0.15, -0.1) is 0 Å². The molecule has 1 aliphatic carbocycles. The second-order valence-corrected chi connectivity index (χ2v) is 6.82. The van der Waals surface area contributed by atoms with Crippen LogP contribution in [0.2, 0.25) is 0 Å². The number of amides is 3. The highest BCUT2D eigenvalue weighted by molar-refractivity contribution is 9.10. The third kappa shape index (κ3) is 4.14. The Morgan fingerprint density at radius 1 is 1.08 bits per heavy atom. The molecule has 2 unspecified atom stereocenters. The lowest BCUT2D eigenvalue weighted by Gasteiger charge is -2.07. The maximum Gasteiger partial charge on any atom is 0.316 e. The quantitative estimate of drug-likeness (QED) is 0.734. The predicted molar refractivity (Wildman–Crippen MR) is 96.5 cm³/mol. The zero-order chi connectivity index (χ0) is 17.1. The lowest BCUT2D eigenvalue weighted by atomic mass is 10.1. The number of primary amides is 1. The fraction of sp³-hybridized carbons (Fsp3) is 0.222. The smallest absolute Gasteiger partial charge is 0.316 e. The molecule has 2 aromatic rings. The van der Waals surface area contributed by atoms with Gasteiger partial charge in [0.1, 0.15) is 0 Å². The summed E-state index contributed by atoms with van der Waals surface area (Å²) in [4.78, 5) is 23.0. The summed E-state index contributed by atoms with van der Waals surface area (Å²) in [6.07, 6.45) is 0.898. The Bertz CT molecular complexity index is 744. The molecule has 1 fully saturated rings. The first kappa shape index (κ1) is 16.5. The number of carbonyl (C=O) groups is 2. The van der Waals surface area contributed by atoms with Crippen LogP contribution in [0.15, 0.2) is 53.0 Å². The molecule has 4 N–H and O–H groups in total. The summed E-state index contributed by atoms with van der Waals surface area (Å²) in [6.45, 7) is 0.471. The number of rotatable bonds is 5. The molecular formula is C18H18BrN3O2. The van der Waals surface area contributed by atoms with Crippen molar-refractivity contribution < 1.29 is 9.59 Å². The molecule has 0 bridgehead atoms. The number of carbonyl (C=O) groups excluding carboxylic acids is 2. The van der Waals surface area contributed by atoms with E-state index in [1.807, 2.05) is 24.3 Å². The third-order valence-electron chi connectivity index (χ3n) is 4.11. The van der Waals surface area contributed by atoms with E-state index in [1.165, 1.54) is 5.56 Å². The Hall–Kier alpha value is -2.34. The van der Waals surface area contributed by atoms with E-state index in [0.29, 0.717) is 18.2 Å². The highest BCUT2D eigenvalue weighted by atomic mass is 79.9. The van der Waals surface area contributed by atoms with E-state index in [9.17, 15) is 9.59 Å². The number of benzene rings is 2. The van der Waals surface area contributed by atoms with Crippen LogP contribution in [0.4, 0.5) is 10.5 Å². The molecule has 124 valence electrons. The number of hydrogen-bond donors (Lipinski definition) is 3. The Morgan fingerprint density at radius 2 is 1.75 bits per heavy atom. The maximum absolute atomic E-state index is 12.2. The molecule has 1 aliphatic rings. The van der Waals surface area contributed by atoms with Crippen molar-refractivity contribution in [1.82, 2.24) is 5.32 Å². The molecule has 0 spiro atoms. The van der Waals surface area contributed by atoms with Gasteiger partial charge in [0, 0.05) is 22.6 Å². The summed E-state index contributed by atoms with van der Waals surface area (Å²) in [5.74, 6) is 0.462. The second-order valence-electron chi connectivity index (χ2n) is 5.90. The van der Waals surface area contributed by atoms with Crippen molar-refractivity contribution in [1.29, 1.82) is 0 Å². The van der Waals surface area contributed by atoms with E-state index in [2.05, 4.69) is 38.7 Å². The number of urea groups is 1. The lowest BCUT2D eigenvalue weighted by Crippen LogP contribution is -2.25. The van der Waals surface area contributed by atoms with Crippen molar-refractivity contribution in [2.45, 2.75) is 18.9 Å². The largest absolute Gasteiger partial charge is 0.352 e. The summed E-state index contributed by atoms with van der Waals surface area (Å²) in [7, 11) is 0. The van der Waals surface area contributed by atoms with E-state index >= 15 is 0 Å². The van der Waals surface area contributed by atoms with Crippen molar-refractivity contribution in [3.8, 4) is 0 Å². The Balaban J connectivity index is 1.49. The van der Waals surface area contributed by atoms with Crippen LogP contribution in [0.3, 0.4) is 0 Å². The molecule has 3 amide bonds. The van der Waals surface area contributed by atoms with Crippen LogP contribution in [0.5, 0.6) is 0 Å². The Kier molecular flexibility index (Phi) is 4.85. The van der Waals surface area contributed by atoms with Crippen molar-refractivity contribution in [2.24, 2.45) is 11.7 Å². The van der Waals surface area contributed by atoms with Gasteiger partial charge in [-0.05, 0) is 47.7 Å². The van der Waals surface area contributed by atoms with Gasteiger partial charge in [0.2, 0.25) is 5.91 Å². The van der Waals surface area contributed by atoms with Crippen LogP contribution in [-0.2, 0) is 11.3 Å². The van der Waals surface area contributed by atoms with Gasteiger partial charge in [-0.1, -0.05) is 40.2 Å². The van der Waals surface area contributed by atoms with Gasteiger partial charge >= 0.3 is 6.03 Å². The fourth-order valence-electron chi connectivity index (χ4n) is 2.73. The minimum atomic E-state index is -0.594. The van der Waals surface area contributed by atoms with E-state index in [1.54, 1.807) is 12.1 Å². The van der Waals surface area contributed by atoms with Gasteiger partial charge in [-0.25, -0.2) is 4.79 Å². The molecule has 0 radical (unpaired) electrons. The summed E-state index contributed by atoms with van der Waals surface area (Å²) in [6, 6.07) is 14.8. The first-order valence-electron chi connectivity index (χ1n) is 7.71. The Morgan fingerprint density at radius 3 is 2.38 bits per heavy atom. The standard InChI is InChI=1S/C18H18BrN3O2/c19-13-5-3-12(4-6-13)15-9-16(15)17(23)21-10-11-1-7-14(8-2-11)22-18(20)24/h1-8,15-16H,9-10H2,(H,21,23)(H3,20,22,24). The van der Waals surface area contributed by atoms with Gasteiger partial charge in [0.15, 0.2) is 0 Å². The molecule has 6 heteroatoms. The van der Waals surface area contributed by atoms with E-state index < -0.39 is 6.03 Å². The molecule has 0 aromatic heterocycles. The molecule has 0 heterocycles. The third-order valence-corrected chi connectivity index (χ3v) is 4.64. The highest BCUT2D eigenvalue weighted by Crippen LogP contribution is 2.47. The molecule has 0 aliphatic heterocycles. The molecule has 1 saturated carbocycles. The molecule has 0 saturated heterocycles. The van der Waals surface area contributed by atoms with Gasteiger partial charge in [0.25, 0.3) is 0 Å². The van der Waals surface area contributed by atoms with Crippen LogP contribution in [0, 0.1) is 5.92 Å². The average molecular weight is 388 g/mol. The van der Waals surface area contributed by atoms with Crippen LogP contribution < -0.4 is 16.4 Å². The average Bonchev–Trinajstić information content (AvgIpc) is 3.35. The first-order valence-corrected chi connectivity index (χ1v) is 8.51. The first-order chi connectivity index (χ1) is 11.5. The normalized spacial score (nSPS) is 18.7. The number of halogens is 1. The summed E-state index contributed by atoms with van der Waals surface area (Å²) in [5, 5.41) is 5.47. The molecular weight excluding hydrogens is 370 g/mol. The zero-order valence-electron chi connectivity index (χ0n) is 13.0. The van der Waals surface area contributed by atoms with Crippen molar-refractivity contribution in [3.63, 3.8) is 0 Å². The number of anilines is 1. The summed E-state index contributed by atoms with van der Waals surface area (Å²) in [5.41, 5.74) is 7.88. The van der Waals surface area contributed by atoms with Gasteiger partial charge < -0.3 is 16.4 Å². The predicted octanol–water partition coefficient (Wildman–Crippen LogP) is 3.36. The molecule has 3 rings (SSSR count). The van der Waals surface area contributed by atoms with E-state index in [-0.39, 0.29) is 11.8 Å². The summed E-state index contributed by atoms with van der Waals surface area (Å²) >= 11 is 3.42. The van der Waals surface area contributed by atoms with Gasteiger partial charge in [-0.3, -0.25) is 4.79 Å². The molecule has 5 nitrogen and oxygen atoms in total. The SMILES string of the molecule is NC(=O)Nc1ccc(CNC(=O)C2CC2c2ccc(Br)cc2)cc1. The highest BCUT2D eigenvalue weighted by Gasteiger charge is 2.43. The topological polar surface area (TPSA) is 84.2 Å². The number of hydrogen-bond acceptors (Lipinski definition) is 2. The monoisotopic (exact) mass is 387 g/mol. The number of nitrogens with two attached hydrogens (primary N) is 1. The van der Waals surface area contributed by atoms with Gasteiger partial charge in [-0.2, -0.15) is 0 Å². The van der Waals surface area contributed by atoms with E-state index in [0.717, 1.165) is 16.5 Å². The van der Waals surface area contributed by atoms with Crippen molar-refractivity contribution in [2.75, 3.05) is 5.32 Å². The lowest BCUT2D eigenvalue weighted by molar-refractivity contribution is -0.122. The summed E-state index contributed by atoms with van der Waals surface area (Å²) < 4.78 is 1.04. The molecule has 2 aromatic carbocycles. The minimum Gasteiger partial charge on any atom is -0.352 e. The maximum atomic E-state index is 12.2. The minimum absolute atomic E-state index is 0.0574. The van der Waals surface area contributed by atoms with Crippen LogP contribution in [0.25, 0.3) is 0 Å². The van der Waals surface area contributed by atoms with Gasteiger partial charge in [0.05, 0.1) is 0 Å².